The molecule has 0 aliphatic carbocycles. The Bertz CT molecular complexity index is 764. The zero-order chi connectivity index (χ0) is 18.4. The molecule has 2 amide bonds. The number of amides is 2. The first-order chi connectivity index (χ1) is 11.7. The van der Waals surface area contributed by atoms with Gasteiger partial charge in [0.1, 0.15) is 5.01 Å². The minimum absolute atomic E-state index is 0.0393. The highest BCUT2D eigenvalue weighted by atomic mass is 32.1. The highest BCUT2D eigenvalue weighted by molar-refractivity contribution is 7.15. The Morgan fingerprint density at radius 2 is 1.96 bits per heavy atom. The zero-order valence-corrected chi connectivity index (χ0v) is 13.4. The molecule has 25 heavy (non-hydrogen) atoms. The Labute approximate surface area is 143 Å². The number of hydrogen-bond acceptors (Lipinski definition) is 5. The number of carbonyl (C=O) groups is 2. The third-order valence-corrected chi connectivity index (χ3v) is 3.69. The van der Waals surface area contributed by atoms with Crippen molar-refractivity contribution in [3.05, 3.63) is 34.8 Å². The molecular formula is C14H13F3N4O3S. The van der Waals surface area contributed by atoms with E-state index in [0.29, 0.717) is 23.4 Å². The third-order valence-electron chi connectivity index (χ3n) is 2.85. The summed E-state index contributed by atoms with van der Waals surface area (Å²) in [6.07, 6.45) is -5.33. The Morgan fingerprint density at radius 3 is 2.64 bits per heavy atom. The van der Waals surface area contributed by atoms with Crippen molar-refractivity contribution in [2.45, 2.75) is 25.4 Å². The van der Waals surface area contributed by atoms with Crippen LogP contribution in [0.4, 0.5) is 28.8 Å². The van der Waals surface area contributed by atoms with Gasteiger partial charge in [-0.05, 0) is 24.1 Å². The fourth-order valence-electron chi connectivity index (χ4n) is 1.86. The summed E-state index contributed by atoms with van der Waals surface area (Å²) in [5, 5.41) is 20.0. The highest BCUT2D eigenvalue weighted by Gasteiger charge is 2.30. The third kappa shape index (κ3) is 6.75. The average molecular weight is 374 g/mol. The van der Waals surface area contributed by atoms with E-state index in [0.717, 1.165) is 5.56 Å². The van der Waals surface area contributed by atoms with Gasteiger partial charge in [0.2, 0.25) is 5.13 Å². The number of nitrogens with zero attached hydrogens (tertiary/aromatic N) is 2. The normalized spacial score (nSPS) is 11.2. The maximum atomic E-state index is 12.3. The van der Waals surface area contributed by atoms with Crippen LogP contribution in [-0.2, 0) is 17.6 Å². The van der Waals surface area contributed by atoms with Crippen molar-refractivity contribution in [3.63, 3.8) is 0 Å². The van der Waals surface area contributed by atoms with Gasteiger partial charge in [0.05, 0.1) is 6.42 Å². The summed E-state index contributed by atoms with van der Waals surface area (Å²) in [6, 6.07) is 5.89. The van der Waals surface area contributed by atoms with Crippen LogP contribution in [0, 0.1) is 0 Å². The van der Waals surface area contributed by atoms with Crippen LogP contribution in [0.5, 0.6) is 0 Å². The van der Waals surface area contributed by atoms with Crippen LogP contribution >= 0.6 is 11.3 Å². The maximum absolute atomic E-state index is 12.3. The number of aromatic nitrogens is 2. The minimum atomic E-state index is -4.39. The summed E-state index contributed by atoms with van der Waals surface area (Å²) in [5.41, 5.74) is 1.14. The maximum Gasteiger partial charge on any atom is 0.395 e. The molecule has 134 valence electrons. The summed E-state index contributed by atoms with van der Waals surface area (Å²) < 4.78 is 36.8. The minimum Gasteiger partial charge on any atom is -0.481 e. The van der Waals surface area contributed by atoms with Gasteiger partial charge in [-0.3, -0.25) is 10.1 Å². The second-order valence-corrected chi connectivity index (χ2v) is 6.03. The van der Waals surface area contributed by atoms with Gasteiger partial charge < -0.3 is 10.4 Å². The number of alkyl halides is 3. The monoisotopic (exact) mass is 374 g/mol. The second kappa shape index (κ2) is 7.92. The molecule has 1 aromatic carbocycles. The fraction of sp³-hybridized carbons (Fsp3) is 0.286. The molecule has 11 heteroatoms. The Hall–Kier alpha value is -2.69. The molecule has 0 saturated carbocycles. The molecule has 2 aromatic rings. The lowest BCUT2D eigenvalue weighted by Gasteiger charge is -2.07. The van der Waals surface area contributed by atoms with Crippen molar-refractivity contribution < 1.29 is 27.9 Å². The number of nitrogens with one attached hydrogen (secondary N) is 2. The zero-order valence-electron chi connectivity index (χ0n) is 12.6. The molecule has 0 spiro atoms. The van der Waals surface area contributed by atoms with E-state index in [2.05, 4.69) is 20.8 Å². The van der Waals surface area contributed by atoms with Crippen LogP contribution in [0.1, 0.15) is 17.0 Å². The molecule has 1 aromatic heterocycles. The lowest BCUT2D eigenvalue weighted by molar-refractivity contribution is -0.137. The van der Waals surface area contributed by atoms with Crippen LogP contribution in [0.2, 0.25) is 0 Å². The van der Waals surface area contributed by atoms with Gasteiger partial charge in [-0.25, -0.2) is 4.79 Å². The lowest BCUT2D eigenvalue weighted by atomic mass is 10.1. The summed E-state index contributed by atoms with van der Waals surface area (Å²) in [6.45, 7) is 0. The molecule has 0 radical (unpaired) electrons. The van der Waals surface area contributed by atoms with Gasteiger partial charge in [-0.1, -0.05) is 23.5 Å². The number of aliphatic carboxylic acids is 1. The predicted molar refractivity (Wildman–Crippen MR) is 84.7 cm³/mol. The Morgan fingerprint density at radius 1 is 1.20 bits per heavy atom. The first-order valence-corrected chi connectivity index (χ1v) is 7.81. The van der Waals surface area contributed by atoms with Crippen molar-refractivity contribution in [1.82, 2.24) is 10.2 Å². The number of benzene rings is 1. The predicted octanol–water partition coefficient (Wildman–Crippen LogP) is 3.30. The standard InChI is InChI=1S/C14H13F3N4O3S/c15-14(16,17)7-10-20-21-13(25-10)19-12(24)18-9-3-1-2-8(6-9)4-5-11(22)23/h1-3,6H,4-5,7H2,(H,22,23)(H2,18,19,21,24). The SMILES string of the molecule is O=C(O)CCc1cccc(NC(=O)Nc2nnc(CC(F)(F)F)s2)c1. The molecule has 0 fully saturated rings. The van der Waals surface area contributed by atoms with Crippen molar-refractivity contribution in [1.29, 1.82) is 0 Å². The number of carbonyl (C=O) groups excluding carboxylic acids is 1. The molecule has 0 atom stereocenters. The second-order valence-electron chi connectivity index (χ2n) is 4.97. The van der Waals surface area contributed by atoms with Gasteiger partial charge in [-0.2, -0.15) is 13.2 Å². The number of aryl methyl sites for hydroxylation is 1. The molecule has 0 bridgehead atoms. The van der Waals surface area contributed by atoms with Crippen LogP contribution < -0.4 is 10.6 Å². The number of carboxylic acids is 1. The van der Waals surface area contributed by atoms with Crippen LogP contribution in [-0.4, -0.2) is 33.5 Å². The molecule has 0 aliphatic rings. The number of urea groups is 1. The molecule has 1 heterocycles. The molecule has 0 aliphatic heterocycles. The quantitative estimate of drug-likeness (QED) is 0.720. The van der Waals surface area contributed by atoms with Gasteiger partial charge in [0, 0.05) is 12.1 Å². The van der Waals surface area contributed by atoms with E-state index in [-0.39, 0.29) is 16.6 Å². The Balaban J connectivity index is 1.92. The van der Waals surface area contributed by atoms with Gasteiger partial charge in [0.25, 0.3) is 0 Å². The highest BCUT2D eigenvalue weighted by Crippen LogP contribution is 2.25. The molecule has 3 N–H and O–H groups in total. The van der Waals surface area contributed by atoms with E-state index in [9.17, 15) is 22.8 Å². The number of halogens is 3. The number of carboxylic acid groups (broad SMARTS) is 1. The summed E-state index contributed by atoms with van der Waals surface area (Å²) >= 11 is 0.634. The van der Waals surface area contributed by atoms with Gasteiger partial charge >= 0.3 is 18.2 Å². The van der Waals surface area contributed by atoms with Crippen LogP contribution in [0.15, 0.2) is 24.3 Å². The van der Waals surface area contributed by atoms with E-state index >= 15 is 0 Å². The molecule has 0 saturated heterocycles. The summed E-state index contributed by atoms with van der Waals surface area (Å²) in [4.78, 5) is 22.4. The largest absolute Gasteiger partial charge is 0.481 e. The van der Waals surface area contributed by atoms with Gasteiger partial charge in [0.15, 0.2) is 0 Å². The molecular weight excluding hydrogens is 361 g/mol. The number of rotatable bonds is 6. The Kier molecular flexibility index (Phi) is 5.91. The van der Waals surface area contributed by atoms with E-state index < -0.39 is 24.6 Å². The summed E-state index contributed by atoms with van der Waals surface area (Å²) in [7, 11) is 0. The van der Waals surface area contributed by atoms with Crippen molar-refractivity contribution in [2.75, 3.05) is 10.6 Å². The van der Waals surface area contributed by atoms with E-state index in [1.54, 1.807) is 24.3 Å². The lowest BCUT2D eigenvalue weighted by Crippen LogP contribution is -2.19. The van der Waals surface area contributed by atoms with Crippen LogP contribution in [0.3, 0.4) is 0 Å². The molecule has 7 nitrogen and oxygen atoms in total. The average Bonchev–Trinajstić information content (AvgIpc) is 2.90. The first-order valence-electron chi connectivity index (χ1n) is 6.99. The molecule has 0 unspecified atom stereocenters. The van der Waals surface area contributed by atoms with E-state index in [1.807, 2.05) is 0 Å². The molecule has 2 rings (SSSR count). The number of hydrogen-bond donors (Lipinski definition) is 3. The fourth-order valence-corrected chi connectivity index (χ4v) is 2.63. The van der Waals surface area contributed by atoms with E-state index in [4.69, 9.17) is 5.11 Å². The first kappa shape index (κ1) is 18.6. The van der Waals surface area contributed by atoms with E-state index in [1.165, 1.54) is 0 Å². The number of anilines is 2. The van der Waals surface area contributed by atoms with Crippen LogP contribution in [0.25, 0.3) is 0 Å². The smallest absolute Gasteiger partial charge is 0.395 e. The van der Waals surface area contributed by atoms with Crippen molar-refractivity contribution in [2.24, 2.45) is 0 Å². The summed E-state index contributed by atoms with van der Waals surface area (Å²) in [5.74, 6) is -0.929. The topological polar surface area (TPSA) is 104 Å². The van der Waals surface area contributed by atoms with Crippen molar-refractivity contribution in [3.8, 4) is 0 Å². The van der Waals surface area contributed by atoms with Crippen molar-refractivity contribution >= 4 is 34.2 Å². The van der Waals surface area contributed by atoms with Gasteiger partial charge in [-0.15, -0.1) is 10.2 Å².